The Morgan fingerprint density at radius 3 is 2.67 bits per heavy atom. The molecule has 1 rings (SSSR count). The van der Waals surface area contributed by atoms with Crippen LogP contribution in [0, 0.1) is 6.92 Å². The molecule has 0 aromatic heterocycles. The zero-order valence-corrected chi connectivity index (χ0v) is 9.38. The fourth-order valence-corrected chi connectivity index (χ4v) is 1.53. The normalized spacial score (nSPS) is 13.0. The molecule has 0 aliphatic carbocycles. The number of ketones is 1. The average Bonchev–Trinajstić information content (AvgIpc) is 2.16. The van der Waals surface area contributed by atoms with Gasteiger partial charge in [-0.2, -0.15) is 0 Å². The summed E-state index contributed by atoms with van der Waals surface area (Å²) in [6, 6.07) is 4.95. The first-order chi connectivity index (χ1) is 7.00. The maximum atomic E-state index is 10.8. The average molecular weight is 224 g/mol. The van der Waals surface area contributed by atoms with E-state index in [4.69, 9.17) is 4.55 Å². The van der Waals surface area contributed by atoms with E-state index in [2.05, 4.69) is 0 Å². The fourth-order valence-electron chi connectivity index (χ4n) is 1.11. The molecular weight excluding hydrogens is 212 g/mol. The summed E-state index contributed by atoms with van der Waals surface area (Å²) in [4.78, 5) is 11.1. The highest BCUT2D eigenvalue weighted by atomic mass is 32.2. The summed E-state index contributed by atoms with van der Waals surface area (Å²) < 4.78 is 19.7. The predicted octanol–water partition coefficient (Wildman–Crippen LogP) is 2.18. The van der Waals surface area contributed by atoms with Crippen molar-refractivity contribution in [2.45, 2.75) is 18.7 Å². The van der Waals surface area contributed by atoms with Gasteiger partial charge in [0.05, 0.1) is 4.90 Å². The van der Waals surface area contributed by atoms with Crippen molar-refractivity contribution < 1.29 is 13.6 Å². The Labute approximate surface area is 91.1 Å². The fraction of sp³-hybridized carbons (Fsp3) is 0.182. The van der Waals surface area contributed by atoms with E-state index in [0.717, 1.165) is 11.1 Å². The summed E-state index contributed by atoms with van der Waals surface area (Å²) in [5.41, 5.74) is 1.74. The standard InChI is InChI=1S/C11H12O3S/c1-8-3-6-11(15(13)14)7-10(8)5-4-9(2)12/h3-7H,1-2H3,(H,13,14). The number of aryl methyl sites for hydroxylation is 1. The molecular formula is C11H12O3S. The van der Waals surface area contributed by atoms with Crippen LogP contribution in [-0.2, 0) is 15.9 Å². The second-order valence-corrected chi connectivity index (χ2v) is 4.18. The number of rotatable bonds is 3. The lowest BCUT2D eigenvalue weighted by molar-refractivity contribution is -0.112. The molecule has 0 amide bonds. The number of hydrogen-bond donors (Lipinski definition) is 1. The zero-order chi connectivity index (χ0) is 11.4. The van der Waals surface area contributed by atoms with Crippen LogP contribution in [0.5, 0.6) is 0 Å². The van der Waals surface area contributed by atoms with Crippen LogP contribution in [-0.4, -0.2) is 14.5 Å². The molecule has 0 bridgehead atoms. The maximum absolute atomic E-state index is 10.8. The molecule has 0 saturated heterocycles. The van der Waals surface area contributed by atoms with E-state index in [0.29, 0.717) is 4.90 Å². The van der Waals surface area contributed by atoms with Gasteiger partial charge in [-0.1, -0.05) is 12.1 Å². The van der Waals surface area contributed by atoms with Gasteiger partial charge >= 0.3 is 0 Å². The van der Waals surface area contributed by atoms with E-state index in [9.17, 15) is 9.00 Å². The third-order valence-electron chi connectivity index (χ3n) is 1.95. The van der Waals surface area contributed by atoms with Crippen molar-refractivity contribution in [3.8, 4) is 0 Å². The van der Waals surface area contributed by atoms with Gasteiger partial charge in [0, 0.05) is 0 Å². The highest BCUT2D eigenvalue weighted by Gasteiger charge is 2.02. The molecule has 4 heteroatoms. The topological polar surface area (TPSA) is 54.4 Å². The van der Waals surface area contributed by atoms with E-state index >= 15 is 0 Å². The van der Waals surface area contributed by atoms with Crippen LogP contribution in [0.1, 0.15) is 18.1 Å². The van der Waals surface area contributed by atoms with Crippen LogP contribution in [0.2, 0.25) is 0 Å². The minimum atomic E-state index is -1.98. The van der Waals surface area contributed by atoms with Gasteiger partial charge in [-0.15, -0.1) is 0 Å². The van der Waals surface area contributed by atoms with E-state index in [1.807, 2.05) is 6.92 Å². The van der Waals surface area contributed by atoms with Crippen molar-refractivity contribution in [1.82, 2.24) is 0 Å². The first-order valence-electron chi connectivity index (χ1n) is 4.41. The molecule has 0 heterocycles. The molecule has 3 nitrogen and oxygen atoms in total. The highest BCUT2D eigenvalue weighted by Crippen LogP contribution is 2.15. The Hall–Kier alpha value is -1.26. The molecule has 80 valence electrons. The maximum Gasteiger partial charge on any atom is 0.186 e. The third kappa shape index (κ3) is 3.42. The Morgan fingerprint density at radius 1 is 1.47 bits per heavy atom. The summed E-state index contributed by atoms with van der Waals surface area (Å²) >= 11 is -1.98. The summed E-state index contributed by atoms with van der Waals surface area (Å²) in [7, 11) is 0. The van der Waals surface area contributed by atoms with Crippen molar-refractivity contribution in [2.75, 3.05) is 0 Å². The van der Waals surface area contributed by atoms with Crippen molar-refractivity contribution in [1.29, 1.82) is 0 Å². The van der Waals surface area contributed by atoms with Gasteiger partial charge in [-0.05, 0) is 43.2 Å². The molecule has 0 spiro atoms. The Bertz CT molecular complexity index is 435. The molecule has 1 unspecified atom stereocenters. The van der Waals surface area contributed by atoms with Gasteiger partial charge in [0.15, 0.2) is 16.9 Å². The van der Waals surface area contributed by atoms with Crippen molar-refractivity contribution >= 4 is 22.9 Å². The van der Waals surface area contributed by atoms with E-state index in [-0.39, 0.29) is 5.78 Å². The molecule has 1 aromatic rings. The lowest BCUT2D eigenvalue weighted by atomic mass is 10.1. The molecule has 15 heavy (non-hydrogen) atoms. The zero-order valence-electron chi connectivity index (χ0n) is 8.56. The summed E-state index contributed by atoms with van der Waals surface area (Å²) in [5.74, 6) is -0.0510. The second kappa shape index (κ2) is 5.00. The van der Waals surface area contributed by atoms with Crippen LogP contribution in [0.15, 0.2) is 29.2 Å². The van der Waals surface area contributed by atoms with E-state index < -0.39 is 11.1 Å². The molecule has 0 aliphatic rings. The van der Waals surface area contributed by atoms with Gasteiger partial charge in [0.2, 0.25) is 0 Å². The summed E-state index contributed by atoms with van der Waals surface area (Å²) in [5, 5.41) is 0. The van der Waals surface area contributed by atoms with E-state index in [1.165, 1.54) is 13.0 Å². The van der Waals surface area contributed by atoms with Gasteiger partial charge in [-0.25, -0.2) is 4.21 Å². The van der Waals surface area contributed by atoms with Crippen LogP contribution in [0.25, 0.3) is 6.08 Å². The predicted molar refractivity (Wildman–Crippen MR) is 59.9 cm³/mol. The number of hydrogen-bond acceptors (Lipinski definition) is 2. The van der Waals surface area contributed by atoms with Crippen LogP contribution in [0.4, 0.5) is 0 Å². The minimum absolute atomic E-state index is 0.0510. The molecule has 0 aliphatic heterocycles. The summed E-state index contributed by atoms with van der Waals surface area (Å²) in [6.45, 7) is 3.34. The second-order valence-electron chi connectivity index (χ2n) is 3.21. The quantitative estimate of drug-likeness (QED) is 0.632. The lowest BCUT2D eigenvalue weighted by Gasteiger charge is -2.01. The van der Waals surface area contributed by atoms with Gasteiger partial charge in [0.1, 0.15) is 0 Å². The molecule has 0 radical (unpaired) electrons. The monoisotopic (exact) mass is 224 g/mol. The first-order valence-corrected chi connectivity index (χ1v) is 5.51. The molecule has 1 aromatic carbocycles. The van der Waals surface area contributed by atoms with Crippen LogP contribution >= 0.6 is 0 Å². The van der Waals surface area contributed by atoms with Crippen molar-refractivity contribution in [3.63, 3.8) is 0 Å². The van der Waals surface area contributed by atoms with Gasteiger partial charge in [0.25, 0.3) is 0 Å². The summed E-state index contributed by atoms with van der Waals surface area (Å²) in [6.07, 6.45) is 3.08. The Morgan fingerprint density at radius 2 is 2.13 bits per heavy atom. The number of carbonyl (C=O) groups excluding carboxylic acids is 1. The van der Waals surface area contributed by atoms with Crippen LogP contribution in [0.3, 0.4) is 0 Å². The molecule has 0 fully saturated rings. The molecule has 1 N–H and O–H groups in total. The molecule has 1 atom stereocenters. The first kappa shape index (κ1) is 11.8. The van der Waals surface area contributed by atoms with Gasteiger partial charge < -0.3 is 4.55 Å². The van der Waals surface area contributed by atoms with Crippen LogP contribution < -0.4 is 0 Å². The van der Waals surface area contributed by atoms with Crippen molar-refractivity contribution in [2.24, 2.45) is 0 Å². The molecule has 0 saturated carbocycles. The van der Waals surface area contributed by atoms with E-state index in [1.54, 1.807) is 24.3 Å². The van der Waals surface area contributed by atoms with Crippen molar-refractivity contribution in [3.05, 3.63) is 35.4 Å². The number of benzene rings is 1. The Kier molecular flexibility index (Phi) is 3.94. The largest absolute Gasteiger partial charge is 0.302 e. The smallest absolute Gasteiger partial charge is 0.186 e. The number of carbonyl (C=O) groups is 1. The lowest BCUT2D eigenvalue weighted by Crippen LogP contribution is -1.91. The Balaban J connectivity index is 3.11. The number of allylic oxidation sites excluding steroid dienone is 1. The highest BCUT2D eigenvalue weighted by molar-refractivity contribution is 7.79. The minimum Gasteiger partial charge on any atom is -0.302 e. The SMILES string of the molecule is CC(=O)C=Cc1cc(S(=O)O)ccc1C. The third-order valence-corrected chi connectivity index (χ3v) is 2.61. The van der Waals surface area contributed by atoms with Gasteiger partial charge in [-0.3, -0.25) is 4.79 Å².